The summed E-state index contributed by atoms with van der Waals surface area (Å²) >= 11 is 5.10. The Balaban J connectivity index is 2.59. The number of nitrogens with zero attached hydrogens (tertiary/aromatic N) is 2. The van der Waals surface area contributed by atoms with Crippen molar-refractivity contribution in [2.75, 3.05) is 12.4 Å². The SMILES string of the molecule is CNc1nc(-c2ccc(F)c(F)c2Br)ncc1I. The average molecular weight is 426 g/mol. The Bertz CT molecular complexity index is 607. The Morgan fingerprint density at radius 2 is 2.06 bits per heavy atom. The van der Waals surface area contributed by atoms with E-state index in [1.807, 2.05) is 0 Å². The lowest BCUT2D eigenvalue weighted by atomic mass is 10.2. The van der Waals surface area contributed by atoms with Crippen LogP contribution in [0.15, 0.2) is 22.8 Å². The van der Waals surface area contributed by atoms with Crippen molar-refractivity contribution in [1.82, 2.24) is 9.97 Å². The molecule has 0 aliphatic rings. The molecule has 0 amide bonds. The Kier molecular flexibility index (Phi) is 4.10. The molecule has 0 atom stereocenters. The van der Waals surface area contributed by atoms with Gasteiger partial charge >= 0.3 is 0 Å². The molecule has 1 aromatic heterocycles. The first-order chi connectivity index (χ1) is 8.54. The van der Waals surface area contributed by atoms with E-state index in [0.717, 1.165) is 9.64 Å². The van der Waals surface area contributed by atoms with Gasteiger partial charge in [0.2, 0.25) is 0 Å². The van der Waals surface area contributed by atoms with Gasteiger partial charge in [-0.1, -0.05) is 0 Å². The van der Waals surface area contributed by atoms with Crippen molar-refractivity contribution in [1.29, 1.82) is 0 Å². The van der Waals surface area contributed by atoms with Crippen LogP contribution in [0.5, 0.6) is 0 Å². The van der Waals surface area contributed by atoms with Gasteiger partial charge in [0.25, 0.3) is 0 Å². The normalized spacial score (nSPS) is 10.5. The second-order valence-corrected chi connectivity index (χ2v) is 5.32. The summed E-state index contributed by atoms with van der Waals surface area (Å²) in [4.78, 5) is 8.35. The largest absolute Gasteiger partial charge is 0.372 e. The molecule has 0 fully saturated rings. The molecule has 1 aromatic carbocycles. The van der Waals surface area contributed by atoms with Crippen LogP contribution in [0.1, 0.15) is 0 Å². The fourth-order valence-corrected chi connectivity index (χ4v) is 2.40. The minimum Gasteiger partial charge on any atom is -0.372 e. The molecule has 1 heterocycles. The van der Waals surface area contributed by atoms with Crippen molar-refractivity contribution in [3.63, 3.8) is 0 Å². The van der Waals surface area contributed by atoms with Gasteiger partial charge in [-0.15, -0.1) is 0 Å². The fourth-order valence-electron chi connectivity index (χ4n) is 1.37. The number of halogens is 4. The summed E-state index contributed by atoms with van der Waals surface area (Å²) in [5.41, 5.74) is 0.404. The minimum absolute atomic E-state index is 0.0192. The number of hydrogen-bond acceptors (Lipinski definition) is 3. The molecular weight excluding hydrogens is 419 g/mol. The third-order valence-corrected chi connectivity index (χ3v) is 3.82. The average Bonchev–Trinajstić information content (AvgIpc) is 2.37. The highest BCUT2D eigenvalue weighted by molar-refractivity contribution is 14.1. The van der Waals surface area contributed by atoms with Crippen molar-refractivity contribution in [2.24, 2.45) is 0 Å². The number of hydrogen-bond donors (Lipinski definition) is 1. The van der Waals surface area contributed by atoms with E-state index in [4.69, 9.17) is 0 Å². The number of benzene rings is 1. The van der Waals surface area contributed by atoms with Gasteiger partial charge in [0, 0.05) is 18.8 Å². The van der Waals surface area contributed by atoms with E-state index in [1.165, 1.54) is 6.07 Å². The van der Waals surface area contributed by atoms with Gasteiger partial charge in [-0.25, -0.2) is 18.7 Å². The first-order valence-electron chi connectivity index (χ1n) is 4.88. The van der Waals surface area contributed by atoms with Crippen LogP contribution in [0.3, 0.4) is 0 Å². The van der Waals surface area contributed by atoms with Crippen molar-refractivity contribution in [2.45, 2.75) is 0 Å². The zero-order valence-electron chi connectivity index (χ0n) is 9.14. The van der Waals surface area contributed by atoms with E-state index in [2.05, 4.69) is 53.8 Å². The molecule has 94 valence electrons. The fraction of sp³-hybridized carbons (Fsp3) is 0.0909. The van der Waals surface area contributed by atoms with E-state index in [0.29, 0.717) is 17.2 Å². The van der Waals surface area contributed by atoms with Crippen LogP contribution in [-0.2, 0) is 0 Å². The molecular formula is C11H7BrF2IN3. The molecule has 1 N–H and O–H groups in total. The zero-order chi connectivity index (χ0) is 13.3. The number of anilines is 1. The van der Waals surface area contributed by atoms with Gasteiger partial charge in [0.15, 0.2) is 17.5 Å². The molecule has 0 aliphatic heterocycles. The molecule has 3 nitrogen and oxygen atoms in total. The molecule has 0 saturated carbocycles. The summed E-state index contributed by atoms with van der Waals surface area (Å²) < 4.78 is 27.3. The highest BCUT2D eigenvalue weighted by Gasteiger charge is 2.15. The first-order valence-corrected chi connectivity index (χ1v) is 6.76. The van der Waals surface area contributed by atoms with Crippen LogP contribution in [0, 0.1) is 15.2 Å². The Labute approximate surface area is 124 Å². The maximum atomic E-state index is 13.4. The number of nitrogens with one attached hydrogen (secondary N) is 1. The topological polar surface area (TPSA) is 37.8 Å². The summed E-state index contributed by atoms with van der Waals surface area (Å²) in [6.45, 7) is 0. The molecule has 0 aliphatic carbocycles. The smallest absolute Gasteiger partial charge is 0.173 e. The molecule has 18 heavy (non-hydrogen) atoms. The van der Waals surface area contributed by atoms with Crippen LogP contribution in [0.2, 0.25) is 0 Å². The van der Waals surface area contributed by atoms with Gasteiger partial charge in [-0.3, -0.25) is 0 Å². The highest BCUT2D eigenvalue weighted by atomic mass is 127. The van der Waals surface area contributed by atoms with Crippen LogP contribution >= 0.6 is 38.5 Å². The minimum atomic E-state index is -0.944. The van der Waals surface area contributed by atoms with Crippen molar-refractivity contribution >= 4 is 44.3 Å². The van der Waals surface area contributed by atoms with Crippen molar-refractivity contribution < 1.29 is 8.78 Å². The third-order valence-electron chi connectivity index (χ3n) is 2.26. The Morgan fingerprint density at radius 3 is 2.72 bits per heavy atom. The summed E-state index contributed by atoms with van der Waals surface area (Å²) in [5, 5.41) is 2.91. The van der Waals surface area contributed by atoms with Gasteiger partial charge in [0.05, 0.1) is 8.04 Å². The van der Waals surface area contributed by atoms with Crippen molar-refractivity contribution in [3.8, 4) is 11.4 Å². The van der Waals surface area contributed by atoms with E-state index >= 15 is 0 Å². The van der Waals surface area contributed by atoms with Crippen LogP contribution < -0.4 is 5.32 Å². The molecule has 0 bridgehead atoms. The molecule has 7 heteroatoms. The Hall–Kier alpha value is -0.830. The van der Waals surface area contributed by atoms with E-state index in [9.17, 15) is 8.78 Å². The predicted octanol–water partition coefficient (Wildman–Crippen LogP) is 3.83. The molecule has 2 aromatic rings. The van der Waals surface area contributed by atoms with Gasteiger partial charge in [-0.05, 0) is 50.7 Å². The molecule has 0 radical (unpaired) electrons. The third kappa shape index (κ3) is 2.46. The second-order valence-electron chi connectivity index (χ2n) is 3.36. The van der Waals surface area contributed by atoms with Crippen LogP contribution in [0.25, 0.3) is 11.4 Å². The number of rotatable bonds is 2. The maximum Gasteiger partial charge on any atom is 0.173 e. The van der Waals surface area contributed by atoms with Gasteiger partial charge in [0.1, 0.15) is 5.82 Å². The van der Waals surface area contributed by atoms with E-state index < -0.39 is 11.6 Å². The van der Waals surface area contributed by atoms with Crippen molar-refractivity contribution in [3.05, 3.63) is 38.0 Å². The summed E-state index contributed by atoms with van der Waals surface area (Å²) in [6, 6.07) is 2.49. The zero-order valence-corrected chi connectivity index (χ0v) is 12.9. The second kappa shape index (κ2) is 5.43. The monoisotopic (exact) mass is 425 g/mol. The first kappa shape index (κ1) is 13.6. The highest BCUT2D eigenvalue weighted by Crippen LogP contribution is 2.30. The Morgan fingerprint density at radius 1 is 1.33 bits per heavy atom. The van der Waals surface area contributed by atoms with Crippen LogP contribution in [-0.4, -0.2) is 17.0 Å². The molecule has 0 spiro atoms. The maximum absolute atomic E-state index is 13.4. The number of aromatic nitrogens is 2. The standard InChI is InChI=1S/C11H7BrF2IN3/c1-16-11-7(15)4-17-10(18-11)5-2-3-6(13)9(14)8(5)12/h2-4H,1H3,(H,16,17,18). The quantitative estimate of drug-likeness (QED) is 0.587. The summed E-state index contributed by atoms with van der Waals surface area (Å²) in [6.07, 6.45) is 1.61. The lowest BCUT2D eigenvalue weighted by molar-refractivity contribution is 0.504. The summed E-state index contributed by atoms with van der Waals surface area (Å²) in [5.74, 6) is -0.895. The molecule has 2 rings (SSSR count). The van der Waals surface area contributed by atoms with Crippen LogP contribution in [0.4, 0.5) is 14.6 Å². The van der Waals surface area contributed by atoms with E-state index in [-0.39, 0.29) is 4.47 Å². The summed E-state index contributed by atoms with van der Waals surface area (Å²) in [7, 11) is 1.73. The van der Waals surface area contributed by atoms with Gasteiger partial charge in [-0.2, -0.15) is 0 Å². The van der Waals surface area contributed by atoms with Gasteiger partial charge < -0.3 is 5.32 Å². The molecule has 0 unspecified atom stereocenters. The van der Waals surface area contributed by atoms with E-state index in [1.54, 1.807) is 13.2 Å². The lowest BCUT2D eigenvalue weighted by Gasteiger charge is -2.07. The molecule has 0 saturated heterocycles. The lowest BCUT2D eigenvalue weighted by Crippen LogP contribution is -2.00. The predicted molar refractivity (Wildman–Crippen MR) is 77.3 cm³/mol.